The molecule has 0 radical (unpaired) electrons. The smallest absolute Gasteiger partial charge is 0.407 e. The second kappa shape index (κ2) is 7.09. The van der Waals surface area contributed by atoms with Crippen LogP contribution in [0.3, 0.4) is 0 Å². The molecule has 0 aliphatic carbocycles. The maximum atomic E-state index is 11.6. The predicted molar refractivity (Wildman–Crippen MR) is 83.0 cm³/mol. The summed E-state index contributed by atoms with van der Waals surface area (Å²) in [5.74, 6) is 0. The summed E-state index contributed by atoms with van der Waals surface area (Å²) in [7, 11) is -3.25. The quantitative estimate of drug-likeness (QED) is 0.919. The average Bonchev–Trinajstić information content (AvgIpc) is 2.51. The normalized spacial score (nSPS) is 11.0. The fraction of sp³-hybridized carbons (Fsp3) is 0.188. The van der Waals surface area contributed by atoms with Gasteiger partial charge < -0.3 is 10.1 Å². The van der Waals surface area contributed by atoms with Crippen molar-refractivity contribution >= 4 is 15.9 Å². The van der Waals surface area contributed by atoms with Crippen molar-refractivity contribution in [2.45, 2.75) is 18.0 Å². The number of ether oxygens (including phenoxy) is 1. The van der Waals surface area contributed by atoms with Gasteiger partial charge in [0.15, 0.2) is 9.84 Å². The molecule has 5 nitrogen and oxygen atoms in total. The Hall–Kier alpha value is -2.34. The standard InChI is InChI=1S/C16H17NO4S/c1-22(19,20)15-9-5-8-14(10-15)11-17-16(18)21-12-13-6-3-2-4-7-13/h2-10H,11-12H2,1H3,(H,17,18). The molecule has 1 amide bonds. The molecule has 22 heavy (non-hydrogen) atoms. The van der Waals surface area contributed by atoms with Crippen LogP contribution in [0.4, 0.5) is 4.79 Å². The Morgan fingerprint density at radius 1 is 1.05 bits per heavy atom. The van der Waals surface area contributed by atoms with Crippen LogP contribution in [0, 0.1) is 0 Å². The van der Waals surface area contributed by atoms with E-state index in [9.17, 15) is 13.2 Å². The minimum Gasteiger partial charge on any atom is -0.445 e. The molecular weight excluding hydrogens is 302 g/mol. The molecule has 0 heterocycles. The van der Waals surface area contributed by atoms with E-state index in [1.807, 2.05) is 30.3 Å². The van der Waals surface area contributed by atoms with Crippen molar-refractivity contribution in [2.75, 3.05) is 6.26 Å². The number of sulfone groups is 1. The van der Waals surface area contributed by atoms with Gasteiger partial charge in [-0.1, -0.05) is 42.5 Å². The topological polar surface area (TPSA) is 72.5 Å². The molecule has 0 fully saturated rings. The molecule has 2 aromatic carbocycles. The highest BCUT2D eigenvalue weighted by molar-refractivity contribution is 7.90. The lowest BCUT2D eigenvalue weighted by Crippen LogP contribution is -2.23. The predicted octanol–water partition coefficient (Wildman–Crippen LogP) is 2.52. The van der Waals surface area contributed by atoms with Gasteiger partial charge in [0, 0.05) is 12.8 Å². The summed E-state index contributed by atoms with van der Waals surface area (Å²) >= 11 is 0. The van der Waals surface area contributed by atoms with Gasteiger partial charge in [-0.3, -0.25) is 0 Å². The monoisotopic (exact) mass is 319 g/mol. The highest BCUT2D eigenvalue weighted by Gasteiger charge is 2.08. The zero-order valence-electron chi connectivity index (χ0n) is 12.2. The summed E-state index contributed by atoms with van der Waals surface area (Å²) < 4.78 is 28.0. The van der Waals surface area contributed by atoms with E-state index in [2.05, 4.69) is 5.32 Å². The van der Waals surface area contributed by atoms with Crippen LogP contribution in [0.15, 0.2) is 59.5 Å². The van der Waals surface area contributed by atoms with Gasteiger partial charge in [-0.25, -0.2) is 13.2 Å². The van der Waals surface area contributed by atoms with Gasteiger partial charge in [0.25, 0.3) is 0 Å². The maximum absolute atomic E-state index is 11.6. The lowest BCUT2D eigenvalue weighted by Gasteiger charge is -2.08. The summed E-state index contributed by atoms with van der Waals surface area (Å²) in [5.41, 5.74) is 1.59. The number of hydrogen-bond acceptors (Lipinski definition) is 4. The fourth-order valence-electron chi connectivity index (χ4n) is 1.83. The van der Waals surface area contributed by atoms with Crippen LogP contribution in [0.2, 0.25) is 0 Å². The first-order chi connectivity index (χ1) is 10.4. The van der Waals surface area contributed by atoms with Gasteiger partial charge in [-0.2, -0.15) is 0 Å². The lowest BCUT2D eigenvalue weighted by molar-refractivity contribution is 0.139. The fourth-order valence-corrected chi connectivity index (χ4v) is 2.53. The second-order valence-electron chi connectivity index (χ2n) is 4.83. The van der Waals surface area contributed by atoms with Crippen LogP contribution in [0.5, 0.6) is 0 Å². The van der Waals surface area contributed by atoms with Crippen LogP contribution in [-0.2, 0) is 27.7 Å². The molecule has 6 heteroatoms. The highest BCUT2D eigenvalue weighted by Crippen LogP contribution is 2.11. The Balaban J connectivity index is 1.86. The van der Waals surface area contributed by atoms with E-state index in [0.717, 1.165) is 11.8 Å². The molecule has 0 saturated heterocycles. The highest BCUT2D eigenvalue weighted by atomic mass is 32.2. The van der Waals surface area contributed by atoms with Gasteiger partial charge >= 0.3 is 6.09 Å². The largest absolute Gasteiger partial charge is 0.445 e. The SMILES string of the molecule is CS(=O)(=O)c1cccc(CNC(=O)OCc2ccccc2)c1. The van der Waals surface area contributed by atoms with Gasteiger partial charge in [0.05, 0.1) is 4.90 Å². The Morgan fingerprint density at radius 3 is 2.41 bits per heavy atom. The minimum absolute atomic E-state index is 0.191. The molecule has 0 aliphatic rings. The van der Waals surface area contributed by atoms with Crippen LogP contribution in [0.25, 0.3) is 0 Å². The van der Waals surface area contributed by atoms with E-state index in [0.29, 0.717) is 5.56 Å². The first-order valence-corrected chi connectivity index (χ1v) is 8.58. The number of carbonyl (C=O) groups is 1. The number of amides is 1. The summed E-state index contributed by atoms with van der Waals surface area (Å²) in [6, 6.07) is 15.8. The van der Waals surface area contributed by atoms with Crippen molar-refractivity contribution in [2.24, 2.45) is 0 Å². The number of carbonyl (C=O) groups excluding carboxylic acids is 1. The molecule has 0 unspecified atom stereocenters. The zero-order chi connectivity index (χ0) is 16.0. The average molecular weight is 319 g/mol. The number of alkyl carbamates (subject to hydrolysis) is 1. The van der Waals surface area contributed by atoms with Gasteiger partial charge in [0.1, 0.15) is 6.61 Å². The summed E-state index contributed by atoms with van der Waals surface area (Å²) in [6.07, 6.45) is 0.599. The summed E-state index contributed by atoms with van der Waals surface area (Å²) in [5, 5.41) is 2.59. The van der Waals surface area contributed by atoms with Gasteiger partial charge in [0.2, 0.25) is 0 Å². The zero-order valence-corrected chi connectivity index (χ0v) is 13.0. The molecule has 2 aromatic rings. The van der Waals surface area contributed by atoms with Crippen molar-refractivity contribution in [1.29, 1.82) is 0 Å². The second-order valence-corrected chi connectivity index (χ2v) is 6.85. The maximum Gasteiger partial charge on any atom is 0.407 e. The molecule has 0 bridgehead atoms. The third-order valence-corrected chi connectivity index (χ3v) is 4.09. The van der Waals surface area contributed by atoms with E-state index in [-0.39, 0.29) is 18.0 Å². The van der Waals surface area contributed by atoms with E-state index < -0.39 is 15.9 Å². The van der Waals surface area contributed by atoms with Crippen molar-refractivity contribution in [3.63, 3.8) is 0 Å². The van der Waals surface area contributed by atoms with Gasteiger partial charge in [-0.05, 0) is 23.3 Å². The van der Waals surface area contributed by atoms with Crippen molar-refractivity contribution in [3.05, 3.63) is 65.7 Å². The lowest BCUT2D eigenvalue weighted by atomic mass is 10.2. The van der Waals surface area contributed by atoms with E-state index in [4.69, 9.17) is 4.74 Å². The van der Waals surface area contributed by atoms with Crippen molar-refractivity contribution in [1.82, 2.24) is 5.32 Å². The van der Waals surface area contributed by atoms with E-state index in [1.165, 1.54) is 12.1 Å². The summed E-state index contributed by atoms with van der Waals surface area (Å²) in [4.78, 5) is 11.8. The van der Waals surface area contributed by atoms with Crippen LogP contribution in [0.1, 0.15) is 11.1 Å². The Bertz CT molecular complexity index is 742. The molecule has 1 N–H and O–H groups in total. The molecule has 116 valence electrons. The molecule has 0 atom stereocenters. The van der Waals surface area contributed by atoms with Crippen LogP contribution < -0.4 is 5.32 Å². The van der Waals surface area contributed by atoms with Crippen LogP contribution >= 0.6 is 0 Å². The van der Waals surface area contributed by atoms with E-state index in [1.54, 1.807) is 12.1 Å². The molecule has 0 aromatic heterocycles. The molecule has 0 aliphatic heterocycles. The first-order valence-electron chi connectivity index (χ1n) is 6.69. The number of rotatable bonds is 5. The number of benzene rings is 2. The first kappa shape index (κ1) is 16.0. The molecule has 0 spiro atoms. The number of nitrogens with one attached hydrogen (secondary N) is 1. The molecule has 0 saturated carbocycles. The van der Waals surface area contributed by atoms with Crippen LogP contribution in [-0.4, -0.2) is 20.8 Å². The Morgan fingerprint density at radius 2 is 1.73 bits per heavy atom. The molecule has 2 rings (SSSR count). The number of hydrogen-bond donors (Lipinski definition) is 1. The Labute approximate surface area is 129 Å². The van der Waals surface area contributed by atoms with E-state index >= 15 is 0 Å². The van der Waals surface area contributed by atoms with Crippen molar-refractivity contribution < 1.29 is 17.9 Å². The minimum atomic E-state index is -3.25. The Kier molecular flexibility index (Phi) is 5.16. The third-order valence-electron chi connectivity index (χ3n) is 2.98. The van der Waals surface area contributed by atoms with Gasteiger partial charge in [-0.15, -0.1) is 0 Å². The van der Waals surface area contributed by atoms with Crippen molar-refractivity contribution in [3.8, 4) is 0 Å². The summed E-state index contributed by atoms with van der Waals surface area (Å²) in [6.45, 7) is 0.396. The molecular formula is C16H17NO4S. The third kappa shape index (κ3) is 4.89.